The highest BCUT2D eigenvalue weighted by Crippen LogP contribution is 2.28. The number of anilines is 1. The maximum absolute atomic E-state index is 11.5. The molecule has 1 aromatic carbocycles. The van der Waals surface area contributed by atoms with Crippen LogP contribution in [0.3, 0.4) is 0 Å². The lowest BCUT2D eigenvalue weighted by Crippen LogP contribution is -2.38. The molecule has 0 N–H and O–H groups in total. The zero-order chi connectivity index (χ0) is 14.4. The molecule has 6 heteroatoms. The maximum Gasteiger partial charge on any atom is 0.328 e. The predicted molar refractivity (Wildman–Crippen MR) is 69.6 cm³/mol. The number of esters is 1. The monoisotopic (exact) mass is 267 g/mol. The van der Waals surface area contributed by atoms with Gasteiger partial charge in [0.05, 0.1) is 27.0 Å². The maximum atomic E-state index is 11.5. The number of rotatable bonds is 6. The number of benzene rings is 1. The first-order valence-corrected chi connectivity index (χ1v) is 5.62. The van der Waals surface area contributed by atoms with Gasteiger partial charge in [0.15, 0.2) is 0 Å². The van der Waals surface area contributed by atoms with Crippen molar-refractivity contribution < 1.29 is 23.8 Å². The second-order valence-corrected chi connectivity index (χ2v) is 3.78. The van der Waals surface area contributed by atoms with Gasteiger partial charge >= 0.3 is 5.97 Å². The number of hydrogen-bond acceptors (Lipinski definition) is 5. The SMILES string of the molecule is COC(=O)[C@H](C)N(C=O)c1cc(OC)cc(OC)c1. The first-order chi connectivity index (χ1) is 9.07. The number of carbonyl (C=O) groups is 2. The minimum Gasteiger partial charge on any atom is -0.497 e. The van der Waals surface area contributed by atoms with Gasteiger partial charge in [-0.05, 0) is 6.92 Å². The van der Waals surface area contributed by atoms with Crippen LogP contribution in [0.25, 0.3) is 0 Å². The van der Waals surface area contributed by atoms with E-state index in [1.807, 2.05) is 0 Å². The highest BCUT2D eigenvalue weighted by molar-refractivity contribution is 5.89. The van der Waals surface area contributed by atoms with E-state index in [1.54, 1.807) is 25.1 Å². The van der Waals surface area contributed by atoms with Crippen LogP contribution in [0.4, 0.5) is 5.69 Å². The van der Waals surface area contributed by atoms with Crippen LogP contribution in [0.1, 0.15) is 6.92 Å². The number of nitrogens with zero attached hydrogens (tertiary/aromatic N) is 1. The van der Waals surface area contributed by atoms with E-state index in [1.165, 1.54) is 26.2 Å². The smallest absolute Gasteiger partial charge is 0.328 e. The van der Waals surface area contributed by atoms with Crippen LogP contribution in [-0.4, -0.2) is 39.8 Å². The lowest BCUT2D eigenvalue weighted by molar-refractivity contribution is -0.142. The van der Waals surface area contributed by atoms with Crippen molar-refractivity contribution in [1.29, 1.82) is 0 Å². The Kier molecular flexibility index (Phi) is 5.17. The van der Waals surface area contributed by atoms with Gasteiger partial charge in [-0.25, -0.2) is 4.79 Å². The summed E-state index contributed by atoms with van der Waals surface area (Å²) in [5.74, 6) is 0.547. The van der Waals surface area contributed by atoms with Gasteiger partial charge in [0.1, 0.15) is 17.5 Å². The van der Waals surface area contributed by atoms with Crippen LogP contribution in [0.15, 0.2) is 18.2 Å². The van der Waals surface area contributed by atoms with E-state index in [4.69, 9.17) is 9.47 Å². The standard InChI is InChI=1S/C13H17NO5/c1-9(13(16)19-4)14(8-15)10-5-11(17-2)7-12(6-10)18-3/h5-9H,1-4H3/t9-/m0/s1. The molecule has 0 fully saturated rings. The van der Waals surface area contributed by atoms with Crippen molar-refractivity contribution in [1.82, 2.24) is 0 Å². The Labute approximate surface area is 111 Å². The van der Waals surface area contributed by atoms with E-state index in [9.17, 15) is 9.59 Å². The van der Waals surface area contributed by atoms with Gasteiger partial charge in [-0.2, -0.15) is 0 Å². The summed E-state index contributed by atoms with van der Waals surface area (Å²) >= 11 is 0. The number of amides is 1. The van der Waals surface area contributed by atoms with E-state index in [-0.39, 0.29) is 0 Å². The quantitative estimate of drug-likeness (QED) is 0.573. The molecule has 0 spiro atoms. The Morgan fingerprint density at radius 3 is 2.05 bits per heavy atom. The van der Waals surface area contributed by atoms with Gasteiger partial charge in [-0.3, -0.25) is 4.79 Å². The molecule has 0 heterocycles. The molecule has 1 amide bonds. The number of carbonyl (C=O) groups excluding carboxylic acids is 2. The van der Waals surface area contributed by atoms with Gasteiger partial charge in [0.25, 0.3) is 0 Å². The molecule has 0 aromatic heterocycles. The Morgan fingerprint density at radius 2 is 1.68 bits per heavy atom. The predicted octanol–water partition coefficient (Wildman–Crippen LogP) is 1.23. The van der Waals surface area contributed by atoms with Crippen molar-refractivity contribution in [3.63, 3.8) is 0 Å². The zero-order valence-corrected chi connectivity index (χ0v) is 11.4. The van der Waals surface area contributed by atoms with E-state index in [2.05, 4.69) is 4.74 Å². The molecule has 0 saturated carbocycles. The topological polar surface area (TPSA) is 65.1 Å². The molecule has 104 valence electrons. The molecule has 6 nitrogen and oxygen atoms in total. The van der Waals surface area contributed by atoms with Crippen molar-refractivity contribution in [2.24, 2.45) is 0 Å². The molecule has 1 rings (SSSR count). The van der Waals surface area contributed by atoms with Crippen molar-refractivity contribution in [2.75, 3.05) is 26.2 Å². The molecule has 1 aromatic rings. The Balaban J connectivity index is 3.17. The summed E-state index contributed by atoms with van der Waals surface area (Å²) in [5.41, 5.74) is 0.490. The fraction of sp³-hybridized carbons (Fsp3) is 0.385. The molecule has 0 aliphatic rings. The van der Waals surface area contributed by atoms with Crippen LogP contribution < -0.4 is 14.4 Å². The van der Waals surface area contributed by atoms with E-state index in [0.717, 1.165) is 0 Å². The third-order valence-corrected chi connectivity index (χ3v) is 2.71. The third kappa shape index (κ3) is 3.37. The summed E-state index contributed by atoms with van der Waals surface area (Å²) < 4.78 is 14.9. The van der Waals surface area contributed by atoms with Gasteiger partial charge in [0, 0.05) is 18.2 Å². The van der Waals surface area contributed by atoms with Gasteiger partial charge in [0.2, 0.25) is 6.41 Å². The molecular weight excluding hydrogens is 250 g/mol. The van der Waals surface area contributed by atoms with Gasteiger partial charge in [-0.15, -0.1) is 0 Å². The molecule has 0 radical (unpaired) electrons. The van der Waals surface area contributed by atoms with Crippen LogP contribution in [-0.2, 0) is 14.3 Å². The fourth-order valence-corrected chi connectivity index (χ4v) is 1.60. The fourth-order valence-electron chi connectivity index (χ4n) is 1.60. The van der Waals surface area contributed by atoms with Gasteiger partial charge < -0.3 is 19.1 Å². The molecular formula is C13H17NO5. The number of ether oxygens (including phenoxy) is 3. The number of methoxy groups -OCH3 is 3. The Hall–Kier alpha value is -2.24. The summed E-state index contributed by atoms with van der Waals surface area (Å²) in [6.07, 6.45) is 0.565. The van der Waals surface area contributed by atoms with Crippen LogP contribution in [0.5, 0.6) is 11.5 Å². The van der Waals surface area contributed by atoms with E-state index in [0.29, 0.717) is 23.6 Å². The average molecular weight is 267 g/mol. The molecule has 0 aliphatic heterocycles. The molecule has 0 bridgehead atoms. The lowest BCUT2D eigenvalue weighted by Gasteiger charge is -2.23. The summed E-state index contributed by atoms with van der Waals surface area (Å²) in [5, 5.41) is 0. The van der Waals surface area contributed by atoms with Crippen LogP contribution in [0.2, 0.25) is 0 Å². The Morgan fingerprint density at radius 1 is 1.16 bits per heavy atom. The van der Waals surface area contributed by atoms with Crippen molar-refractivity contribution in [2.45, 2.75) is 13.0 Å². The van der Waals surface area contributed by atoms with Crippen LogP contribution >= 0.6 is 0 Å². The first-order valence-electron chi connectivity index (χ1n) is 5.62. The van der Waals surface area contributed by atoms with E-state index < -0.39 is 12.0 Å². The molecule has 0 unspecified atom stereocenters. The minimum absolute atomic E-state index is 0.490. The molecule has 0 aliphatic carbocycles. The van der Waals surface area contributed by atoms with Crippen molar-refractivity contribution >= 4 is 18.1 Å². The third-order valence-electron chi connectivity index (χ3n) is 2.71. The lowest BCUT2D eigenvalue weighted by atomic mass is 10.2. The average Bonchev–Trinajstić information content (AvgIpc) is 2.46. The Bertz CT molecular complexity index is 438. The molecule has 19 heavy (non-hydrogen) atoms. The van der Waals surface area contributed by atoms with E-state index >= 15 is 0 Å². The normalized spacial score (nSPS) is 11.4. The minimum atomic E-state index is -0.737. The second-order valence-electron chi connectivity index (χ2n) is 3.78. The summed E-state index contributed by atoms with van der Waals surface area (Å²) in [4.78, 5) is 24.0. The zero-order valence-electron chi connectivity index (χ0n) is 11.4. The molecule has 1 atom stereocenters. The van der Waals surface area contributed by atoms with Crippen LogP contribution in [0, 0.1) is 0 Å². The summed E-state index contributed by atoms with van der Waals surface area (Å²) in [7, 11) is 4.29. The highest BCUT2D eigenvalue weighted by atomic mass is 16.5. The van der Waals surface area contributed by atoms with Gasteiger partial charge in [-0.1, -0.05) is 0 Å². The number of hydrogen-bond donors (Lipinski definition) is 0. The highest BCUT2D eigenvalue weighted by Gasteiger charge is 2.23. The largest absolute Gasteiger partial charge is 0.497 e. The summed E-state index contributed by atoms with van der Waals surface area (Å²) in [6, 6.07) is 4.21. The van der Waals surface area contributed by atoms with Crippen molar-refractivity contribution in [3.8, 4) is 11.5 Å². The molecule has 0 saturated heterocycles. The second kappa shape index (κ2) is 6.63. The summed E-state index contributed by atoms with van der Waals surface area (Å²) in [6.45, 7) is 1.58. The first kappa shape index (κ1) is 14.8. The van der Waals surface area contributed by atoms with Crippen molar-refractivity contribution in [3.05, 3.63) is 18.2 Å².